The first-order valence-corrected chi connectivity index (χ1v) is 22.4. The lowest BCUT2D eigenvalue weighted by Crippen LogP contribution is -2.46. The zero-order valence-corrected chi connectivity index (χ0v) is 34.3. The maximum absolute atomic E-state index is 13.1. The van der Waals surface area contributed by atoms with E-state index in [2.05, 4.69) is 38.2 Å². The van der Waals surface area contributed by atoms with E-state index in [1.807, 2.05) is 0 Å². The van der Waals surface area contributed by atoms with Crippen molar-refractivity contribution >= 4 is 11.9 Å². The summed E-state index contributed by atoms with van der Waals surface area (Å²) < 4.78 is 5.88. The Morgan fingerprint density at radius 2 is 0.941 bits per heavy atom. The molecule has 0 spiro atoms. The van der Waals surface area contributed by atoms with Gasteiger partial charge in [-0.25, -0.2) is 0 Å². The molecular formula is C45H87NO5. The number of allylic oxidation sites excluding steroid dienone is 2. The number of hydrogen-bond acceptors (Lipinski definition) is 5. The molecule has 6 heteroatoms. The van der Waals surface area contributed by atoms with Crippen LogP contribution in [0.4, 0.5) is 0 Å². The van der Waals surface area contributed by atoms with Gasteiger partial charge in [-0.05, 0) is 51.4 Å². The molecular weight excluding hydrogens is 634 g/mol. The molecule has 51 heavy (non-hydrogen) atoms. The molecule has 6 nitrogen and oxygen atoms in total. The van der Waals surface area contributed by atoms with Crippen molar-refractivity contribution < 1.29 is 24.5 Å². The van der Waals surface area contributed by atoms with Crippen LogP contribution in [0, 0.1) is 0 Å². The number of carbonyl (C=O) groups excluding carboxylic acids is 2. The highest BCUT2D eigenvalue weighted by Crippen LogP contribution is 2.17. The van der Waals surface area contributed by atoms with Crippen molar-refractivity contribution in [2.24, 2.45) is 0 Å². The molecule has 0 aliphatic carbocycles. The van der Waals surface area contributed by atoms with Crippen molar-refractivity contribution in [3.63, 3.8) is 0 Å². The predicted octanol–water partition coefficient (Wildman–Crippen LogP) is 12.6. The van der Waals surface area contributed by atoms with Gasteiger partial charge >= 0.3 is 5.97 Å². The highest BCUT2D eigenvalue weighted by atomic mass is 16.5. The summed E-state index contributed by atoms with van der Waals surface area (Å²) >= 11 is 0. The Hall–Kier alpha value is -1.40. The Kier molecular flexibility index (Phi) is 38.7. The van der Waals surface area contributed by atoms with Crippen LogP contribution >= 0.6 is 0 Å². The van der Waals surface area contributed by atoms with E-state index in [9.17, 15) is 19.8 Å². The zero-order chi connectivity index (χ0) is 37.5. The second kappa shape index (κ2) is 39.8. The van der Waals surface area contributed by atoms with Gasteiger partial charge in [0.15, 0.2) is 0 Å². The van der Waals surface area contributed by atoms with Crippen LogP contribution in [-0.4, -0.2) is 46.9 Å². The molecule has 0 heterocycles. The third-order valence-corrected chi connectivity index (χ3v) is 10.3. The number of ether oxygens (including phenoxy) is 1. The number of unbranched alkanes of at least 4 members (excludes halogenated alkanes) is 26. The average Bonchev–Trinajstić information content (AvgIpc) is 3.12. The number of rotatable bonds is 40. The fraction of sp³-hybridized carbons (Fsp3) is 0.911. The Morgan fingerprint density at radius 1 is 0.549 bits per heavy atom. The number of aliphatic hydroxyl groups excluding tert-OH is 2. The van der Waals surface area contributed by atoms with E-state index in [1.165, 1.54) is 128 Å². The van der Waals surface area contributed by atoms with Crippen molar-refractivity contribution in [3.8, 4) is 0 Å². The Balaban J connectivity index is 4.56. The minimum Gasteiger partial charge on any atom is -0.462 e. The maximum atomic E-state index is 13.1. The summed E-state index contributed by atoms with van der Waals surface area (Å²) in [6.45, 7) is 6.43. The van der Waals surface area contributed by atoms with Crippen molar-refractivity contribution in [2.45, 2.75) is 257 Å². The van der Waals surface area contributed by atoms with Crippen LogP contribution in [0.1, 0.15) is 239 Å². The topological polar surface area (TPSA) is 95.9 Å². The molecule has 0 aromatic heterocycles. The Morgan fingerprint density at radius 3 is 1.43 bits per heavy atom. The van der Waals surface area contributed by atoms with Crippen LogP contribution in [0.5, 0.6) is 0 Å². The lowest BCUT2D eigenvalue weighted by atomic mass is 10.0. The molecule has 0 aromatic rings. The molecule has 0 fully saturated rings. The average molecular weight is 722 g/mol. The van der Waals surface area contributed by atoms with E-state index < -0.39 is 18.2 Å². The van der Waals surface area contributed by atoms with E-state index in [1.54, 1.807) is 0 Å². The molecule has 302 valence electrons. The van der Waals surface area contributed by atoms with Gasteiger partial charge in [0, 0.05) is 6.42 Å². The normalized spacial score (nSPS) is 13.4. The number of carbonyl (C=O) groups is 2. The van der Waals surface area contributed by atoms with Crippen LogP contribution in [-0.2, 0) is 14.3 Å². The minimum absolute atomic E-state index is 0.0724. The van der Waals surface area contributed by atoms with Gasteiger partial charge in [0.2, 0.25) is 5.91 Å². The molecule has 0 radical (unpaired) electrons. The molecule has 0 aliphatic rings. The third kappa shape index (κ3) is 35.4. The summed E-state index contributed by atoms with van der Waals surface area (Å²) in [5.41, 5.74) is 0. The smallest absolute Gasteiger partial charge is 0.306 e. The zero-order valence-electron chi connectivity index (χ0n) is 34.3. The summed E-state index contributed by atoms with van der Waals surface area (Å²) in [7, 11) is 0. The standard InChI is InChI=1S/C45H87NO5/c1-4-7-10-13-16-19-22-25-28-31-34-37-43(48)42(40-47)46-44(49)39-41(36-33-30-27-24-21-18-15-12-9-6-3)51-45(50)38-35-32-29-26-23-20-17-14-11-8-5-2/h18,21,41-43,47-48H,4-17,19-20,22-40H2,1-3H3,(H,46,49)/b21-18-. The quantitative estimate of drug-likeness (QED) is 0.0332. The molecule has 3 atom stereocenters. The second-order valence-corrected chi connectivity index (χ2v) is 15.5. The van der Waals surface area contributed by atoms with E-state index in [-0.39, 0.29) is 24.9 Å². The van der Waals surface area contributed by atoms with Crippen molar-refractivity contribution in [3.05, 3.63) is 12.2 Å². The molecule has 0 bridgehead atoms. The van der Waals surface area contributed by atoms with Crippen molar-refractivity contribution in [1.29, 1.82) is 0 Å². The van der Waals surface area contributed by atoms with Crippen LogP contribution < -0.4 is 5.32 Å². The van der Waals surface area contributed by atoms with Gasteiger partial charge in [-0.1, -0.05) is 187 Å². The molecule has 0 aromatic carbocycles. The van der Waals surface area contributed by atoms with Gasteiger partial charge in [0.25, 0.3) is 0 Å². The van der Waals surface area contributed by atoms with Crippen molar-refractivity contribution in [2.75, 3.05) is 6.61 Å². The van der Waals surface area contributed by atoms with Gasteiger partial charge in [0.05, 0.1) is 25.2 Å². The monoisotopic (exact) mass is 722 g/mol. The Bertz CT molecular complexity index is 772. The highest BCUT2D eigenvalue weighted by Gasteiger charge is 2.24. The SMILES string of the molecule is CCCCC/C=C\CCCCCC(CC(=O)NC(CO)C(O)CCCCCCCCCCCCC)OC(=O)CCCCCCCCCCCCC. The third-order valence-electron chi connectivity index (χ3n) is 10.3. The first-order chi connectivity index (χ1) is 25.0. The second-order valence-electron chi connectivity index (χ2n) is 15.5. The molecule has 3 unspecified atom stereocenters. The molecule has 0 saturated carbocycles. The minimum atomic E-state index is -0.783. The lowest BCUT2D eigenvalue weighted by Gasteiger charge is -2.24. The first kappa shape index (κ1) is 49.6. The highest BCUT2D eigenvalue weighted by molar-refractivity contribution is 5.77. The number of esters is 1. The predicted molar refractivity (Wildman–Crippen MR) is 218 cm³/mol. The van der Waals surface area contributed by atoms with Gasteiger partial charge in [0.1, 0.15) is 6.10 Å². The van der Waals surface area contributed by atoms with Gasteiger partial charge in [-0.3, -0.25) is 9.59 Å². The van der Waals surface area contributed by atoms with Crippen LogP contribution in [0.25, 0.3) is 0 Å². The maximum Gasteiger partial charge on any atom is 0.306 e. The number of aliphatic hydroxyl groups is 2. The molecule has 0 aliphatic heterocycles. The van der Waals surface area contributed by atoms with E-state index in [4.69, 9.17) is 4.74 Å². The fourth-order valence-electron chi connectivity index (χ4n) is 6.89. The summed E-state index contributed by atoms with van der Waals surface area (Å²) in [4.78, 5) is 25.9. The van der Waals surface area contributed by atoms with Crippen LogP contribution in [0.15, 0.2) is 12.2 Å². The molecule has 3 N–H and O–H groups in total. The molecule has 0 rings (SSSR count). The van der Waals surface area contributed by atoms with E-state index >= 15 is 0 Å². The number of amides is 1. The van der Waals surface area contributed by atoms with E-state index in [0.717, 1.165) is 64.2 Å². The number of hydrogen-bond donors (Lipinski definition) is 3. The van der Waals surface area contributed by atoms with Crippen molar-refractivity contribution in [1.82, 2.24) is 5.32 Å². The van der Waals surface area contributed by atoms with Crippen LogP contribution in [0.3, 0.4) is 0 Å². The summed E-state index contributed by atoms with van der Waals surface area (Å²) in [5, 5.41) is 23.6. The van der Waals surface area contributed by atoms with Gasteiger partial charge in [-0.15, -0.1) is 0 Å². The summed E-state index contributed by atoms with van der Waals surface area (Å²) in [5.74, 6) is -0.483. The molecule has 1 amide bonds. The largest absolute Gasteiger partial charge is 0.462 e. The molecule has 0 saturated heterocycles. The fourth-order valence-corrected chi connectivity index (χ4v) is 6.89. The Labute approximate surface area is 317 Å². The van der Waals surface area contributed by atoms with Gasteiger partial charge < -0.3 is 20.3 Å². The number of nitrogens with one attached hydrogen (secondary N) is 1. The summed E-state index contributed by atoms with van der Waals surface area (Å²) in [6.07, 6.45) is 41.3. The van der Waals surface area contributed by atoms with E-state index in [0.29, 0.717) is 19.3 Å². The lowest BCUT2D eigenvalue weighted by molar-refractivity contribution is -0.151. The summed E-state index contributed by atoms with van der Waals surface area (Å²) in [6, 6.07) is -0.697. The first-order valence-electron chi connectivity index (χ1n) is 22.4. The van der Waals surface area contributed by atoms with Gasteiger partial charge in [-0.2, -0.15) is 0 Å². The van der Waals surface area contributed by atoms with Crippen LogP contribution in [0.2, 0.25) is 0 Å².